The van der Waals surface area contributed by atoms with Gasteiger partial charge in [0.05, 0.1) is 0 Å². The molecule has 0 saturated carbocycles. The van der Waals surface area contributed by atoms with Gasteiger partial charge in [0.25, 0.3) is 0 Å². The summed E-state index contributed by atoms with van der Waals surface area (Å²) in [4.78, 5) is 0. The van der Waals surface area contributed by atoms with Gasteiger partial charge in [-0.2, -0.15) is 0 Å². The number of hydrogen-bond donors (Lipinski definition) is 2. The molecule has 0 radical (unpaired) electrons. The van der Waals surface area contributed by atoms with Crippen molar-refractivity contribution in [1.82, 2.24) is 0 Å². The summed E-state index contributed by atoms with van der Waals surface area (Å²) in [5.41, 5.74) is 0.813. The van der Waals surface area contributed by atoms with E-state index in [1.807, 2.05) is 13.0 Å². The quantitative estimate of drug-likeness (QED) is 0.474. The van der Waals surface area contributed by atoms with E-state index < -0.39 is 0 Å². The molecule has 1 aromatic carbocycles. The van der Waals surface area contributed by atoms with Gasteiger partial charge in [-0.05, 0) is 18.1 Å². The minimum atomic E-state index is -0.0315. The van der Waals surface area contributed by atoms with Crippen LogP contribution in [0.2, 0.25) is 0 Å². The van der Waals surface area contributed by atoms with Crippen LogP contribution in [0.4, 0.5) is 0 Å². The normalized spacial score (nSPS) is 9.08. The summed E-state index contributed by atoms with van der Waals surface area (Å²) in [5, 5.41) is 18.4. The van der Waals surface area contributed by atoms with Crippen molar-refractivity contribution in [3.8, 4) is 11.5 Å². The van der Waals surface area contributed by atoms with E-state index in [0.717, 1.165) is 18.4 Å². The maximum absolute atomic E-state index is 9.28. The fraction of sp³-hybridized carbons (Fsp3) is 0.333. The molecule has 0 aromatic heterocycles. The summed E-state index contributed by atoms with van der Waals surface area (Å²) in [6.45, 7) is 2.03. The fourth-order valence-electron chi connectivity index (χ4n) is 1.05. The van der Waals surface area contributed by atoms with E-state index in [9.17, 15) is 5.11 Å². The number of rotatable bonds is 2. The van der Waals surface area contributed by atoms with Crippen LogP contribution in [0.5, 0.6) is 11.5 Å². The average Bonchev–Trinajstić information content (AvgIpc) is 1.99. The average molecular weight is 192 g/mol. The molecule has 0 aliphatic rings. The second-order valence-corrected chi connectivity index (χ2v) is 2.53. The Morgan fingerprint density at radius 3 is 2.58 bits per heavy atom. The van der Waals surface area contributed by atoms with Gasteiger partial charge in [-0.1, -0.05) is 25.5 Å². The van der Waals surface area contributed by atoms with Crippen molar-refractivity contribution >= 4 is 0 Å². The van der Waals surface area contributed by atoms with Gasteiger partial charge in [0.2, 0.25) is 0 Å². The van der Waals surface area contributed by atoms with Crippen molar-refractivity contribution in [2.24, 2.45) is 0 Å². The van der Waals surface area contributed by atoms with Crippen molar-refractivity contribution in [2.45, 2.75) is 19.8 Å². The van der Waals surface area contributed by atoms with Crippen molar-refractivity contribution < 1.29 is 63.0 Å². The summed E-state index contributed by atoms with van der Waals surface area (Å²) < 4.78 is 0. The number of phenols is 2. The van der Waals surface area contributed by atoms with Crippen LogP contribution in [0.15, 0.2) is 18.2 Å². The zero-order valence-electron chi connectivity index (χ0n) is 8.54. The number of hydrogen-bond acceptors (Lipinski definition) is 2. The summed E-state index contributed by atoms with van der Waals surface area (Å²) in [5.74, 6) is -0.00898. The Labute approximate surface area is 117 Å². The maximum Gasteiger partial charge on any atom is 1.00 e. The predicted octanol–water partition coefficient (Wildman–Crippen LogP) is -0.833. The molecule has 0 saturated heterocycles. The van der Waals surface area contributed by atoms with Crippen molar-refractivity contribution in [1.29, 1.82) is 0 Å². The van der Waals surface area contributed by atoms with Gasteiger partial charge in [0, 0.05) is 0 Å². The summed E-state index contributed by atoms with van der Waals surface area (Å²) >= 11 is 0. The Morgan fingerprint density at radius 1 is 1.33 bits per heavy atom. The number of phenolic OH excluding ortho intramolecular Hbond substituents is 2. The molecule has 0 amide bonds. The Kier molecular flexibility index (Phi) is 6.22. The zero-order valence-corrected chi connectivity index (χ0v) is 10.7. The molecule has 62 valence electrons. The molecule has 0 aliphatic heterocycles. The molecule has 0 aliphatic carbocycles. The van der Waals surface area contributed by atoms with Crippen molar-refractivity contribution in [3.63, 3.8) is 0 Å². The van der Waals surface area contributed by atoms with Gasteiger partial charge in [0.1, 0.15) is 0 Å². The molecule has 1 rings (SSSR count). The largest absolute Gasteiger partial charge is 1.00 e. The molecule has 0 unspecified atom stereocenters. The van der Waals surface area contributed by atoms with Crippen LogP contribution < -0.4 is 51.4 Å². The van der Waals surface area contributed by atoms with E-state index in [2.05, 4.69) is 0 Å². The Balaban J connectivity index is 0. The standard InChI is InChI=1S/C9H12O2.K.H/c1-2-4-7-5-3-6-8(10)9(7)11;;/h3,5-6,10-11H,2,4H2,1H3;;/q;+1;-1. The van der Waals surface area contributed by atoms with Crippen LogP contribution in [0.25, 0.3) is 0 Å². The Bertz CT molecular complexity index is 253. The molecule has 12 heavy (non-hydrogen) atoms. The van der Waals surface area contributed by atoms with Gasteiger partial charge in [-0.25, -0.2) is 0 Å². The molecule has 0 heterocycles. The molecule has 0 spiro atoms. The minimum absolute atomic E-state index is 0. The first-order valence-electron chi connectivity index (χ1n) is 3.75. The van der Waals surface area contributed by atoms with Crippen LogP contribution >= 0.6 is 0 Å². The van der Waals surface area contributed by atoms with E-state index in [1.54, 1.807) is 6.07 Å². The molecular weight excluding hydrogens is 179 g/mol. The number of aryl methyl sites for hydroxylation is 1. The second-order valence-electron chi connectivity index (χ2n) is 2.53. The molecule has 3 heteroatoms. The first-order chi connectivity index (χ1) is 5.25. The molecule has 2 nitrogen and oxygen atoms in total. The van der Waals surface area contributed by atoms with E-state index >= 15 is 0 Å². The van der Waals surface area contributed by atoms with E-state index in [-0.39, 0.29) is 64.3 Å². The molecule has 1 aromatic rings. The van der Waals surface area contributed by atoms with Gasteiger partial charge in [0.15, 0.2) is 11.5 Å². The summed E-state index contributed by atoms with van der Waals surface area (Å²) in [6, 6.07) is 5.03. The van der Waals surface area contributed by atoms with Crippen molar-refractivity contribution in [2.75, 3.05) is 0 Å². The predicted molar refractivity (Wildman–Crippen MR) is 44.9 cm³/mol. The Morgan fingerprint density at radius 2 is 2.00 bits per heavy atom. The van der Waals surface area contributed by atoms with Gasteiger partial charge in [-0.15, -0.1) is 0 Å². The first kappa shape index (κ1) is 12.5. The maximum atomic E-state index is 9.28. The summed E-state index contributed by atoms with van der Waals surface area (Å²) in [6.07, 6.45) is 1.78. The molecule has 0 fully saturated rings. The van der Waals surface area contributed by atoms with Crippen LogP contribution in [-0.2, 0) is 6.42 Å². The third kappa shape index (κ3) is 3.07. The number of aromatic hydroxyl groups is 2. The van der Waals surface area contributed by atoms with E-state index in [4.69, 9.17) is 5.11 Å². The third-order valence-corrected chi connectivity index (χ3v) is 1.62. The van der Waals surface area contributed by atoms with Crippen LogP contribution in [0, 0.1) is 0 Å². The number of benzene rings is 1. The van der Waals surface area contributed by atoms with Gasteiger partial charge >= 0.3 is 51.4 Å². The molecular formula is C9H13KO2. The zero-order chi connectivity index (χ0) is 8.27. The Hall–Kier alpha value is 0.456. The number of para-hydroxylation sites is 1. The molecule has 0 bridgehead atoms. The monoisotopic (exact) mass is 192 g/mol. The third-order valence-electron chi connectivity index (χ3n) is 1.62. The summed E-state index contributed by atoms with van der Waals surface area (Å²) in [7, 11) is 0. The van der Waals surface area contributed by atoms with Gasteiger partial charge < -0.3 is 11.6 Å². The van der Waals surface area contributed by atoms with Gasteiger partial charge in [-0.3, -0.25) is 0 Å². The smallest absolute Gasteiger partial charge is 1.00 e. The SMILES string of the molecule is CCCc1cccc(O)c1O.[H-].[K+]. The van der Waals surface area contributed by atoms with Crippen LogP contribution in [0.3, 0.4) is 0 Å². The topological polar surface area (TPSA) is 40.5 Å². The van der Waals surface area contributed by atoms with E-state index in [0.29, 0.717) is 0 Å². The fourth-order valence-corrected chi connectivity index (χ4v) is 1.05. The van der Waals surface area contributed by atoms with Crippen molar-refractivity contribution in [3.05, 3.63) is 23.8 Å². The van der Waals surface area contributed by atoms with Crippen LogP contribution in [-0.4, -0.2) is 10.2 Å². The van der Waals surface area contributed by atoms with Crippen LogP contribution in [0.1, 0.15) is 20.3 Å². The van der Waals surface area contributed by atoms with E-state index in [1.165, 1.54) is 6.07 Å². The molecule has 0 atom stereocenters. The second kappa shape index (κ2) is 5.99. The molecule has 2 N–H and O–H groups in total. The first-order valence-corrected chi connectivity index (χ1v) is 3.75. The minimum Gasteiger partial charge on any atom is -1.00 e.